The fourth-order valence-electron chi connectivity index (χ4n) is 2.88. The Labute approximate surface area is 193 Å². The van der Waals surface area contributed by atoms with Crippen LogP contribution in [0.4, 0.5) is 26.3 Å². The molecule has 0 aliphatic carbocycles. The summed E-state index contributed by atoms with van der Waals surface area (Å²) in [6.45, 7) is 0.0485. The number of aryl methyl sites for hydroxylation is 1. The molecule has 0 radical (unpaired) electrons. The highest BCUT2D eigenvalue weighted by atomic mass is 32.1. The van der Waals surface area contributed by atoms with Crippen LogP contribution in [0.1, 0.15) is 46.1 Å². The average molecular weight is 507 g/mol. The fourth-order valence-corrected chi connectivity index (χ4v) is 3.65. The Morgan fingerprint density at radius 1 is 0.971 bits per heavy atom. The molecule has 0 saturated heterocycles. The molecule has 0 aliphatic rings. The van der Waals surface area contributed by atoms with E-state index in [1.54, 1.807) is 18.2 Å². The van der Waals surface area contributed by atoms with Gasteiger partial charge in [-0.3, -0.25) is 9.59 Å². The van der Waals surface area contributed by atoms with Crippen LogP contribution in [0.5, 0.6) is 0 Å². The van der Waals surface area contributed by atoms with E-state index in [-0.39, 0.29) is 30.2 Å². The summed E-state index contributed by atoms with van der Waals surface area (Å²) < 4.78 is 73.5. The molecule has 2 aromatic heterocycles. The number of benzene rings is 1. The quantitative estimate of drug-likeness (QED) is 0.374. The summed E-state index contributed by atoms with van der Waals surface area (Å²) in [5, 5.41) is 6.46. The lowest BCUT2D eigenvalue weighted by Gasteiger charge is -2.07. The number of hydrogen-bond donors (Lipinski definition) is 3. The van der Waals surface area contributed by atoms with E-state index in [1.807, 2.05) is 0 Å². The molecule has 0 fully saturated rings. The zero-order valence-electron chi connectivity index (χ0n) is 17.4. The molecule has 2 heterocycles. The second-order valence-corrected chi connectivity index (χ2v) is 8.23. The number of H-pyrrole nitrogens is 1. The zero-order valence-corrected chi connectivity index (χ0v) is 18.3. The first-order valence-corrected chi connectivity index (χ1v) is 10.9. The number of rotatable bonds is 9. The molecule has 1 aromatic carbocycles. The van der Waals surface area contributed by atoms with Gasteiger partial charge in [-0.2, -0.15) is 26.3 Å². The Hall–Kier alpha value is -3.16. The monoisotopic (exact) mass is 507 g/mol. The molecule has 0 bridgehead atoms. The summed E-state index contributed by atoms with van der Waals surface area (Å²) >= 11 is 0.945. The van der Waals surface area contributed by atoms with Gasteiger partial charge in [0, 0.05) is 24.8 Å². The molecule has 3 rings (SSSR count). The lowest BCUT2D eigenvalue weighted by atomic mass is 10.2. The van der Waals surface area contributed by atoms with Gasteiger partial charge in [-0.15, -0.1) is 11.3 Å². The van der Waals surface area contributed by atoms with Crippen molar-refractivity contribution in [3.05, 3.63) is 45.7 Å². The number of carbonyl (C=O) groups is 2. The van der Waals surface area contributed by atoms with Crippen LogP contribution in [0, 0.1) is 0 Å². The number of hydrogen-bond acceptors (Lipinski definition) is 5. The molecule has 0 unspecified atom stereocenters. The second-order valence-electron chi connectivity index (χ2n) is 7.37. The Morgan fingerprint density at radius 2 is 1.71 bits per heavy atom. The van der Waals surface area contributed by atoms with Gasteiger partial charge >= 0.3 is 12.4 Å². The van der Waals surface area contributed by atoms with Gasteiger partial charge in [0.25, 0.3) is 5.91 Å². The fraction of sp³-hybridized carbons (Fsp3) is 0.400. The Balaban J connectivity index is 1.51. The first kappa shape index (κ1) is 25.5. The minimum atomic E-state index is -4.40. The number of carbonyl (C=O) groups excluding carboxylic acids is 2. The van der Waals surface area contributed by atoms with E-state index < -0.39 is 43.4 Å². The van der Waals surface area contributed by atoms with E-state index in [2.05, 4.69) is 25.6 Å². The van der Waals surface area contributed by atoms with Crippen LogP contribution in [0.25, 0.3) is 11.0 Å². The molecular weight excluding hydrogens is 488 g/mol. The maximum absolute atomic E-state index is 12.3. The first-order valence-electron chi connectivity index (χ1n) is 9.98. The van der Waals surface area contributed by atoms with Crippen molar-refractivity contribution < 1.29 is 35.9 Å². The van der Waals surface area contributed by atoms with Gasteiger partial charge in [-0.25, -0.2) is 9.97 Å². The number of amides is 2. The van der Waals surface area contributed by atoms with Crippen molar-refractivity contribution in [2.45, 2.75) is 51.1 Å². The van der Waals surface area contributed by atoms with Crippen LogP contribution >= 0.6 is 11.3 Å². The van der Waals surface area contributed by atoms with E-state index in [0.29, 0.717) is 22.4 Å². The molecule has 0 spiro atoms. The highest BCUT2D eigenvalue weighted by Gasteiger charge is 2.28. The molecule has 0 atom stereocenters. The van der Waals surface area contributed by atoms with Gasteiger partial charge in [-0.05, 0) is 24.1 Å². The summed E-state index contributed by atoms with van der Waals surface area (Å²) in [5.41, 5.74) is 1.99. The predicted molar refractivity (Wildman–Crippen MR) is 111 cm³/mol. The SMILES string of the molecule is O=C(CCC(F)(F)F)NCc1ccc2nc(CNC(=O)c3nc(CCC(F)(F)F)cs3)[nH]c2c1. The van der Waals surface area contributed by atoms with Crippen molar-refractivity contribution in [1.82, 2.24) is 25.6 Å². The van der Waals surface area contributed by atoms with Crippen LogP contribution in [0.2, 0.25) is 0 Å². The highest BCUT2D eigenvalue weighted by molar-refractivity contribution is 7.11. The number of fused-ring (bicyclic) bond motifs is 1. The molecule has 184 valence electrons. The van der Waals surface area contributed by atoms with Crippen LogP contribution < -0.4 is 10.6 Å². The summed E-state index contributed by atoms with van der Waals surface area (Å²) in [5.74, 6) is -0.858. The molecule has 3 aromatic rings. The number of nitrogens with zero attached hydrogens (tertiary/aromatic N) is 2. The number of imidazole rings is 1. The van der Waals surface area contributed by atoms with Gasteiger partial charge in [0.2, 0.25) is 5.91 Å². The summed E-state index contributed by atoms with van der Waals surface area (Å²) in [4.78, 5) is 35.0. The lowest BCUT2D eigenvalue weighted by molar-refractivity contribution is -0.144. The number of alkyl halides is 6. The van der Waals surface area contributed by atoms with Crippen molar-refractivity contribution >= 4 is 34.2 Å². The zero-order chi connectivity index (χ0) is 24.9. The molecule has 3 N–H and O–H groups in total. The van der Waals surface area contributed by atoms with Gasteiger partial charge < -0.3 is 15.6 Å². The Kier molecular flexibility index (Phi) is 7.79. The van der Waals surface area contributed by atoms with Crippen LogP contribution in [0.15, 0.2) is 23.6 Å². The third-order valence-electron chi connectivity index (χ3n) is 4.55. The standard InChI is InChI=1S/C20H19F6N5O2S/c21-19(22,23)5-3-12-10-34-18(29-12)17(33)28-9-15-30-13-2-1-11(7-14(13)31-15)8-27-16(32)4-6-20(24,25)26/h1-2,7,10H,3-6,8-9H2,(H,27,32)(H,28,33)(H,30,31). The number of nitrogens with one attached hydrogen (secondary N) is 3. The van der Waals surface area contributed by atoms with Gasteiger partial charge in [0.05, 0.1) is 29.7 Å². The lowest BCUT2D eigenvalue weighted by Crippen LogP contribution is -2.24. The maximum atomic E-state index is 12.3. The highest BCUT2D eigenvalue weighted by Crippen LogP contribution is 2.23. The van der Waals surface area contributed by atoms with E-state index in [9.17, 15) is 35.9 Å². The molecule has 7 nitrogen and oxygen atoms in total. The smallest absolute Gasteiger partial charge is 0.352 e. The normalized spacial score (nSPS) is 12.2. The van der Waals surface area contributed by atoms with Crippen molar-refractivity contribution in [3.63, 3.8) is 0 Å². The minimum absolute atomic E-state index is 0.00842. The minimum Gasteiger partial charge on any atom is -0.352 e. The van der Waals surface area contributed by atoms with Crippen molar-refractivity contribution in [3.8, 4) is 0 Å². The number of thiazole rings is 1. The number of aromatic nitrogens is 3. The van der Waals surface area contributed by atoms with Gasteiger partial charge in [0.15, 0.2) is 5.01 Å². The van der Waals surface area contributed by atoms with E-state index in [1.165, 1.54) is 5.38 Å². The summed E-state index contributed by atoms with van der Waals surface area (Å²) in [7, 11) is 0. The topological polar surface area (TPSA) is 99.8 Å². The van der Waals surface area contributed by atoms with E-state index in [0.717, 1.165) is 11.3 Å². The van der Waals surface area contributed by atoms with Crippen molar-refractivity contribution in [2.24, 2.45) is 0 Å². The molecule has 0 aliphatic heterocycles. The molecule has 2 amide bonds. The summed E-state index contributed by atoms with van der Waals surface area (Å²) in [6, 6.07) is 4.99. The molecular formula is C20H19F6N5O2S. The number of halogens is 6. The van der Waals surface area contributed by atoms with E-state index >= 15 is 0 Å². The largest absolute Gasteiger partial charge is 0.389 e. The number of aromatic amines is 1. The van der Waals surface area contributed by atoms with Gasteiger partial charge in [-0.1, -0.05) is 6.07 Å². The van der Waals surface area contributed by atoms with Gasteiger partial charge in [0.1, 0.15) is 5.82 Å². The summed E-state index contributed by atoms with van der Waals surface area (Å²) in [6.07, 6.45) is -11.9. The maximum Gasteiger partial charge on any atom is 0.389 e. The Bertz CT molecular complexity index is 1150. The second kappa shape index (κ2) is 10.4. The van der Waals surface area contributed by atoms with Crippen LogP contribution in [-0.2, 0) is 24.3 Å². The third kappa shape index (κ3) is 8.01. The van der Waals surface area contributed by atoms with E-state index in [4.69, 9.17) is 0 Å². The average Bonchev–Trinajstić information content (AvgIpc) is 3.38. The molecule has 14 heteroatoms. The molecule has 34 heavy (non-hydrogen) atoms. The first-order chi connectivity index (χ1) is 15.9. The molecule has 0 saturated carbocycles. The van der Waals surface area contributed by atoms with Crippen LogP contribution in [-0.4, -0.2) is 39.1 Å². The predicted octanol–water partition coefficient (Wildman–Crippen LogP) is 4.40. The van der Waals surface area contributed by atoms with Crippen molar-refractivity contribution in [2.75, 3.05) is 0 Å². The van der Waals surface area contributed by atoms with Crippen LogP contribution in [0.3, 0.4) is 0 Å². The van der Waals surface area contributed by atoms with Crippen molar-refractivity contribution in [1.29, 1.82) is 0 Å². The third-order valence-corrected chi connectivity index (χ3v) is 5.44. The Morgan fingerprint density at radius 3 is 2.41 bits per heavy atom.